The zero-order valence-corrected chi connectivity index (χ0v) is 24.8. The molecule has 0 saturated heterocycles. The molecule has 14 heteroatoms. The van der Waals surface area contributed by atoms with E-state index < -0.39 is 5.97 Å². The van der Waals surface area contributed by atoms with E-state index in [0.717, 1.165) is 5.33 Å². The number of carboxylic acid groups (broad SMARTS) is 1. The quantitative estimate of drug-likeness (QED) is 0.0783. The Balaban J connectivity index is 3.02. The van der Waals surface area contributed by atoms with E-state index >= 15 is 0 Å². The Bertz CT molecular complexity index is 477. The molecule has 0 bridgehead atoms. The number of hydrogen-bond donors (Lipinski definition) is 1. The lowest BCUT2D eigenvalue weighted by Crippen LogP contribution is -2.15. The number of carbonyl (C=O) groups is 1. The van der Waals surface area contributed by atoms with Gasteiger partial charge in [-0.1, -0.05) is 15.9 Å². The van der Waals surface area contributed by atoms with Crippen molar-refractivity contribution < 1.29 is 62.0 Å². The molecule has 0 unspecified atom stereocenters. The van der Waals surface area contributed by atoms with E-state index in [1.807, 2.05) is 0 Å². The van der Waals surface area contributed by atoms with Crippen molar-refractivity contribution in [1.29, 1.82) is 0 Å². The second kappa shape index (κ2) is 35.5. The van der Waals surface area contributed by atoms with Gasteiger partial charge in [0.2, 0.25) is 0 Å². The first-order chi connectivity index (χ1) is 19.3. The summed E-state index contributed by atoms with van der Waals surface area (Å²) in [4.78, 5) is 10.3. The molecule has 0 aliphatic carbocycles. The van der Waals surface area contributed by atoms with Gasteiger partial charge in [0, 0.05) is 5.33 Å². The molecule has 0 aliphatic heterocycles. The molecule has 0 rings (SSSR count). The fourth-order valence-electron chi connectivity index (χ4n) is 2.52. The second-order valence-electron chi connectivity index (χ2n) is 7.57. The fraction of sp³-hybridized carbons (Fsp3) is 0.960. The molecule has 0 aromatic carbocycles. The van der Waals surface area contributed by atoms with Gasteiger partial charge in [0.05, 0.1) is 152 Å². The highest BCUT2D eigenvalue weighted by Crippen LogP contribution is 1.88. The molecule has 234 valence electrons. The second-order valence-corrected chi connectivity index (χ2v) is 8.36. The molecule has 0 saturated carbocycles. The van der Waals surface area contributed by atoms with Crippen LogP contribution in [0.5, 0.6) is 0 Å². The third-order valence-electron chi connectivity index (χ3n) is 4.40. The van der Waals surface area contributed by atoms with Gasteiger partial charge < -0.3 is 57.2 Å². The van der Waals surface area contributed by atoms with E-state index in [4.69, 9.17) is 57.2 Å². The van der Waals surface area contributed by atoms with Crippen molar-refractivity contribution in [2.75, 3.05) is 151 Å². The molecule has 0 aromatic heterocycles. The summed E-state index contributed by atoms with van der Waals surface area (Å²) in [6, 6.07) is 0. The Morgan fingerprint density at radius 2 is 0.538 bits per heavy atom. The van der Waals surface area contributed by atoms with Crippen LogP contribution in [0.3, 0.4) is 0 Å². The maximum Gasteiger partial charge on any atom is 0.305 e. The maximum atomic E-state index is 10.3. The van der Waals surface area contributed by atoms with Crippen molar-refractivity contribution >= 4 is 21.9 Å². The van der Waals surface area contributed by atoms with Crippen LogP contribution in [0.1, 0.15) is 6.42 Å². The van der Waals surface area contributed by atoms with Gasteiger partial charge in [-0.3, -0.25) is 4.79 Å². The fourth-order valence-corrected chi connectivity index (χ4v) is 2.74. The Labute approximate surface area is 241 Å². The van der Waals surface area contributed by atoms with Gasteiger partial charge in [0.25, 0.3) is 0 Å². The lowest BCUT2D eigenvalue weighted by molar-refractivity contribution is -0.138. The normalized spacial score (nSPS) is 11.4. The number of ether oxygens (including phenoxy) is 11. The highest BCUT2D eigenvalue weighted by Gasteiger charge is 1.97. The van der Waals surface area contributed by atoms with Crippen LogP contribution in [0.4, 0.5) is 0 Å². The van der Waals surface area contributed by atoms with Crippen LogP contribution in [-0.4, -0.2) is 162 Å². The van der Waals surface area contributed by atoms with Gasteiger partial charge in [-0.05, 0) is 0 Å². The molecule has 0 fully saturated rings. The molecule has 39 heavy (non-hydrogen) atoms. The monoisotopic (exact) mass is 636 g/mol. The molecule has 0 heterocycles. The van der Waals surface area contributed by atoms with Gasteiger partial charge in [-0.25, -0.2) is 0 Å². The molecule has 1 N–H and O–H groups in total. The van der Waals surface area contributed by atoms with Crippen LogP contribution < -0.4 is 0 Å². The molecule has 0 aromatic rings. The number of carboxylic acids is 1. The lowest BCUT2D eigenvalue weighted by Gasteiger charge is -2.09. The summed E-state index contributed by atoms with van der Waals surface area (Å²) in [7, 11) is 0. The molecule has 0 radical (unpaired) electrons. The first kappa shape index (κ1) is 38.5. The van der Waals surface area contributed by atoms with Crippen LogP contribution in [0.2, 0.25) is 0 Å². The smallest absolute Gasteiger partial charge is 0.305 e. The zero-order valence-electron chi connectivity index (χ0n) is 23.2. The van der Waals surface area contributed by atoms with Crippen LogP contribution >= 0.6 is 15.9 Å². The van der Waals surface area contributed by atoms with E-state index in [9.17, 15) is 4.79 Å². The third kappa shape index (κ3) is 37.5. The summed E-state index contributed by atoms with van der Waals surface area (Å²) in [6.45, 7) is 10.8. The highest BCUT2D eigenvalue weighted by atomic mass is 79.9. The van der Waals surface area contributed by atoms with E-state index in [2.05, 4.69) is 15.9 Å². The highest BCUT2D eigenvalue weighted by molar-refractivity contribution is 9.09. The van der Waals surface area contributed by atoms with E-state index in [-0.39, 0.29) is 13.0 Å². The van der Waals surface area contributed by atoms with Gasteiger partial charge >= 0.3 is 5.97 Å². The number of hydrogen-bond acceptors (Lipinski definition) is 12. The van der Waals surface area contributed by atoms with Crippen molar-refractivity contribution in [3.05, 3.63) is 0 Å². The average Bonchev–Trinajstić information content (AvgIpc) is 2.93. The maximum absolute atomic E-state index is 10.3. The van der Waals surface area contributed by atoms with E-state index in [1.54, 1.807) is 0 Å². The molecule has 0 atom stereocenters. The predicted octanol–water partition coefficient (Wildman–Crippen LogP) is 1.04. The van der Waals surface area contributed by atoms with Gasteiger partial charge in [-0.2, -0.15) is 0 Å². The van der Waals surface area contributed by atoms with Crippen molar-refractivity contribution in [2.45, 2.75) is 6.42 Å². The average molecular weight is 638 g/mol. The molecule has 0 aliphatic rings. The summed E-state index contributed by atoms with van der Waals surface area (Å²) in [6.07, 6.45) is 0.0000283. The van der Waals surface area contributed by atoms with Gasteiger partial charge in [0.1, 0.15) is 0 Å². The summed E-state index contributed by atoms with van der Waals surface area (Å²) in [5.74, 6) is -0.873. The van der Waals surface area contributed by atoms with Crippen LogP contribution in [0.25, 0.3) is 0 Å². The summed E-state index contributed by atoms with van der Waals surface area (Å²) >= 11 is 3.29. The topological polar surface area (TPSA) is 139 Å². The van der Waals surface area contributed by atoms with Crippen molar-refractivity contribution in [2.24, 2.45) is 0 Å². The predicted molar refractivity (Wildman–Crippen MR) is 145 cm³/mol. The van der Waals surface area contributed by atoms with E-state index in [0.29, 0.717) is 139 Å². The first-order valence-corrected chi connectivity index (χ1v) is 14.5. The molecular formula is C25H49BrO13. The van der Waals surface area contributed by atoms with Crippen molar-refractivity contribution in [3.63, 3.8) is 0 Å². The first-order valence-electron chi connectivity index (χ1n) is 13.4. The standard InChI is InChI=1S/C25H49BrO13/c26-2-4-30-6-8-32-10-12-34-14-16-36-18-20-38-22-24-39-23-21-37-19-17-35-15-13-33-11-9-31-7-5-29-3-1-25(27)28/h1-24H2,(H,27,28). The van der Waals surface area contributed by atoms with E-state index in [1.165, 1.54) is 0 Å². The molecule has 0 amide bonds. The zero-order chi connectivity index (χ0) is 28.3. The lowest BCUT2D eigenvalue weighted by atomic mass is 10.5. The van der Waals surface area contributed by atoms with Crippen LogP contribution in [-0.2, 0) is 56.9 Å². The van der Waals surface area contributed by atoms with Gasteiger partial charge in [-0.15, -0.1) is 0 Å². The van der Waals surface area contributed by atoms with Crippen molar-refractivity contribution in [3.8, 4) is 0 Å². The largest absolute Gasteiger partial charge is 0.481 e. The van der Waals surface area contributed by atoms with Crippen molar-refractivity contribution in [1.82, 2.24) is 0 Å². The van der Waals surface area contributed by atoms with Crippen LogP contribution in [0, 0.1) is 0 Å². The minimum Gasteiger partial charge on any atom is -0.481 e. The molecule has 0 spiro atoms. The molecular weight excluding hydrogens is 588 g/mol. The molecule has 13 nitrogen and oxygen atoms in total. The minimum atomic E-state index is -0.873. The Kier molecular flexibility index (Phi) is 35.1. The Morgan fingerprint density at radius 1 is 0.359 bits per heavy atom. The summed E-state index contributed by atoms with van der Waals surface area (Å²) in [5.41, 5.74) is 0. The SMILES string of the molecule is O=C(O)CCOCCOCCOCCOCCOCCOCCOCCOCCOCCOCCOCCBr. The number of aliphatic carboxylic acids is 1. The number of halogens is 1. The summed E-state index contributed by atoms with van der Waals surface area (Å²) in [5, 5.41) is 9.30. The Morgan fingerprint density at radius 3 is 0.718 bits per heavy atom. The van der Waals surface area contributed by atoms with Gasteiger partial charge in [0.15, 0.2) is 0 Å². The number of rotatable bonds is 35. The third-order valence-corrected chi connectivity index (χ3v) is 4.73. The minimum absolute atomic E-state index is 0.0000283. The number of alkyl halides is 1. The Hall–Kier alpha value is -0.490. The van der Waals surface area contributed by atoms with Crippen LogP contribution in [0.15, 0.2) is 0 Å². The summed E-state index contributed by atoms with van der Waals surface area (Å²) < 4.78 is 59.0.